The van der Waals surface area contributed by atoms with Crippen LogP contribution in [0.1, 0.15) is 5.56 Å². The first-order chi connectivity index (χ1) is 12.6. The lowest BCUT2D eigenvalue weighted by atomic mass is 10.0. The van der Waals surface area contributed by atoms with Crippen molar-refractivity contribution in [3.05, 3.63) is 65.0 Å². The quantitative estimate of drug-likeness (QED) is 0.491. The lowest BCUT2D eigenvalue weighted by Crippen LogP contribution is -2.05. The van der Waals surface area contributed by atoms with Crippen molar-refractivity contribution in [3.8, 4) is 28.4 Å². The van der Waals surface area contributed by atoms with Gasteiger partial charge in [0.1, 0.15) is 22.8 Å². The van der Waals surface area contributed by atoms with E-state index in [0.717, 1.165) is 10.9 Å². The van der Waals surface area contributed by atoms with E-state index < -0.39 is 5.63 Å². The normalized spacial score (nSPS) is 10.6. The molecule has 0 N–H and O–H groups in total. The summed E-state index contributed by atoms with van der Waals surface area (Å²) in [4.78, 5) is 12.7. The van der Waals surface area contributed by atoms with Crippen molar-refractivity contribution in [1.29, 1.82) is 0 Å². The van der Waals surface area contributed by atoms with Gasteiger partial charge in [0.25, 0.3) is 0 Å². The van der Waals surface area contributed by atoms with E-state index in [1.54, 1.807) is 51.7 Å². The maximum absolute atomic E-state index is 12.7. The third kappa shape index (κ3) is 3.04. The fraction of sp³-hybridized carbons (Fsp3) is 0.190. The Morgan fingerprint density at radius 2 is 1.73 bits per heavy atom. The zero-order valence-electron chi connectivity index (χ0n) is 15.0. The number of hydrogen-bond acceptors (Lipinski definition) is 5. The molecule has 0 aliphatic heterocycles. The summed E-state index contributed by atoms with van der Waals surface area (Å²) in [5.41, 5.74) is 1.92. The van der Waals surface area contributed by atoms with E-state index in [1.165, 1.54) is 0 Å². The molecule has 0 radical (unpaired) electrons. The molecule has 5 heteroatoms. The highest BCUT2D eigenvalue weighted by Crippen LogP contribution is 2.34. The lowest BCUT2D eigenvalue weighted by Gasteiger charge is -2.12. The molecule has 0 saturated carbocycles. The highest BCUT2D eigenvalue weighted by molar-refractivity contribution is 5.87. The van der Waals surface area contributed by atoms with Gasteiger partial charge in [-0.1, -0.05) is 6.08 Å². The van der Waals surface area contributed by atoms with Crippen LogP contribution in [0.3, 0.4) is 0 Å². The Balaban J connectivity index is 2.25. The number of ether oxygens (including phenoxy) is 3. The van der Waals surface area contributed by atoms with Gasteiger partial charge in [-0.2, -0.15) is 0 Å². The second kappa shape index (κ2) is 7.35. The summed E-state index contributed by atoms with van der Waals surface area (Å²) < 4.78 is 21.7. The van der Waals surface area contributed by atoms with E-state index >= 15 is 0 Å². The molecule has 0 spiro atoms. The third-order valence-corrected chi connectivity index (χ3v) is 4.23. The fourth-order valence-electron chi connectivity index (χ4n) is 2.96. The monoisotopic (exact) mass is 352 g/mol. The van der Waals surface area contributed by atoms with Crippen LogP contribution in [0.5, 0.6) is 17.2 Å². The summed E-state index contributed by atoms with van der Waals surface area (Å²) in [6.07, 6.45) is 2.28. The Morgan fingerprint density at radius 1 is 0.962 bits per heavy atom. The predicted molar refractivity (Wildman–Crippen MR) is 101 cm³/mol. The molecule has 0 amide bonds. The van der Waals surface area contributed by atoms with Crippen molar-refractivity contribution in [3.63, 3.8) is 0 Å². The van der Waals surface area contributed by atoms with E-state index in [-0.39, 0.29) is 0 Å². The maximum Gasteiger partial charge on any atom is 0.344 e. The standard InChI is InChI=1S/C21H20O5/c1-5-6-16-18(24-3)10-7-13-11-17(21(22)26-20(13)16)15-9-8-14(23-2)12-19(15)25-4/h5,7-12H,1,6H2,2-4H3. The molecule has 26 heavy (non-hydrogen) atoms. The lowest BCUT2D eigenvalue weighted by molar-refractivity contribution is 0.395. The summed E-state index contributed by atoms with van der Waals surface area (Å²) in [6.45, 7) is 3.76. The van der Waals surface area contributed by atoms with Crippen LogP contribution in [0, 0.1) is 0 Å². The Morgan fingerprint density at radius 3 is 2.38 bits per heavy atom. The Labute approximate surface area is 151 Å². The number of rotatable bonds is 6. The molecule has 0 unspecified atom stereocenters. The van der Waals surface area contributed by atoms with Gasteiger partial charge < -0.3 is 18.6 Å². The Kier molecular flexibility index (Phi) is 4.98. The molecule has 3 rings (SSSR count). The molecule has 1 aromatic heterocycles. The molecule has 0 saturated heterocycles. The van der Waals surface area contributed by atoms with Crippen LogP contribution in [-0.4, -0.2) is 21.3 Å². The van der Waals surface area contributed by atoms with Crippen molar-refractivity contribution in [1.82, 2.24) is 0 Å². The summed E-state index contributed by atoms with van der Waals surface area (Å²) in [5.74, 6) is 1.85. The number of hydrogen-bond donors (Lipinski definition) is 0. The molecule has 0 aliphatic rings. The third-order valence-electron chi connectivity index (χ3n) is 4.23. The maximum atomic E-state index is 12.7. The van der Waals surface area contributed by atoms with Gasteiger partial charge in [0.05, 0.1) is 26.9 Å². The number of fused-ring (bicyclic) bond motifs is 1. The van der Waals surface area contributed by atoms with Gasteiger partial charge in [-0.25, -0.2) is 4.79 Å². The summed E-state index contributed by atoms with van der Waals surface area (Å²) in [5, 5.41) is 0.801. The summed E-state index contributed by atoms with van der Waals surface area (Å²) >= 11 is 0. The van der Waals surface area contributed by atoms with Gasteiger partial charge in [0, 0.05) is 22.6 Å². The molecule has 0 fully saturated rings. The molecule has 0 bridgehead atoms. The minimum absolute atomic E-state index is 0.423. The van der Waals surface area contributed by atoms with Crippen molar-refractivity contribution >= 4 is 11.0 Å². The minimum Gasteiger partial charge on any atom is -0.497 e. The average Bonchev–Trinajstić information content (AvgIpc) is 2.67. The van der Waals surface area contributed by atoms with Crippen LogP contribution >= 0.6 is 0 Å². The van der Waals surface area contributed by atoms with E-state index in [0.29, 0.717) is 40.4 Å². The van der Waals surface area contributed by atoms with Gasteiger partial charge >= 0.3 is 5.63 Å². The molecule has 5 nitrogen and oxygen atoms in total. The van der Waals surface area contributed by atoms with Gasteiger partial charge in [-0.3, -0.25) is 0 Å². The van der Waals surface area contributed by atoms with Gasteiger partial charge in [0.2, 0.25) is 0 Å². The fourth-order valence-corrected chi connectivity index (χ4v) is 2.96. The first kappa shape index (κ1) is 17.6. The van der Waals surface area contributed by atoms with Crippen molar-refractivity contribution in [2.45, 2.75) is 6.42 Å². The van der Waals surface area contributed by atoms with Crippen LogP contribution in [0.2, 0.25) is 0 Å². The van der Waals surface area contributed by atoms with E-state index in [2.05, 4.69) is 6.58 Å². The van der Waals surface area contributed by atoms with E-state index in [1.807, 2.05) is 12.1 Å². The highest BCUT2D eigenvalue weighted by Gasteiger charge is 2.16. The molecular weight excluding hydrogens is 332 g/mol. The van der Waals surface area contributed by atoms with E-state index in [4.69, 9.17) is 18.6 Å². The van der Waals surface area contributed by atoms with Crippen LogP contribution in [0.4, 0.5) is 0 Å². The van der Waals surface area contributed by atoms with Crippen molar-refractivity contribution in [2.24, 2.45) is 0 Å². The summed E-state index contributed by atoms with van der Waals surface area (Å²) in [6, 6.07) is 10.8. The largest absolute Gasteiger partial charge is 0.497 e. The minimum atomic E-state index is -0.445. The van der Waals surface area contributed by atoms with Gasteiger partial charge in [-0.05, 0) is 36.8 Å². The van der Waals surface area contributed by atoms with Crippen LogP contribution in [0.15, 0.2) is 58.3 Å². The highest BCUT2D eigenvalue weighted by atomic mass is 16.5. The van der Waals surface area contributed by atoms with Crippen molar-refractivity contribution in [2.75, 3.05) is 21.3 Å². The number of allylic oxidation sites excluding steroid dienone is 1. The molecule has 1 heterocycles. The molecule has 0 atom stereocenters. The zero-order valence-corrected chi connectivity index (χ0v) is 15.0. The van der Waals surface area contributed by atoms with Crippen molar-refractivity contribution < 1.29 is 18.6 Å². The molecular formula is C21H20O5. The van der Waals surface area contributed by atoms with Crippen LogP contribution in [-0.2, 0) is 6.42 Å². The van der Waals surface area contributed by atoms with Gasteiger partial charge in [0.15, 0.2) is 0 Å². The zero-order chi connectivity index (χ0) is 18.7. The molecule has 0 aliphatic carbocycles. The second-order valence-corrected chi connectivity index (χ2v) is 5.67. The molecule has 2 aromatic carbocycles. The number of benzene rings is 2. The predicted octanol–water partition coefficient (Wildman–Crippen LogP) is 4.21. The molecule has 3 aromatic rings. The average molecular weight is 352 g/mol. The van der Waals surface area contributed by atoms with Crippen LogP contribution < -0.4 is 19.8 Å². The SMILES string of the molecule is C=CCc1c(OC)ccc2cc(-c3ccc(OC)cc3OC)c(=O)oc12. The molecule has 134 valence electrons. The van der Waals surface area contributed by atoms with Gasteiger partial charge in [-0.15, -0.1) is 6.58 Å². The second-order valence-electron chi connectivity index (χ2n) is 5.67. The Bertz CT molecular complexity index is 1020. The first-order valence-corrected chi connectivity index (χ1v) is 8.10. The Hall–Kier alpha value is -3.21. The summed E-state index contributed by atoms with van der Waals surface area (Å²) in [7, 11) is 4.71. The van der Waals surface area contributed by atoms with Crippen LogP contribution in [0.25, 0.3) is 22.1 Å². The number of methoxy groups -OCH3 is 3. The topological polar surface area (TPSA) is 57.9 Å². The first-order valence-electron chi connectivity index (χ1n) is 8.10. The van der Waals surface area contributed by atoms with E-state index in [9.17, 15) is 4.79 Å². The smallest absolute Gasteiger partial charge is 0.344 e.